The topological polar surface area (TPSA) is 30.7 Å². The highest BCUT2D eigenvalue weighted by molar-refractivity contribution is 6.20. The summed E-state index contributed by atoms with van der Waals surface area (Å²) in [6.45, 7) is 0. The molecule has 0 amide bonds. The largest absolute Gasteiger partial charge is 0.309 e. The standard InChI is InChI=1S/C58H37N3/c1-3-18-38(19-4-1)42-24-11-13-28-46(42)53-37-54(60-58(59-53)56-44-26-10-8-21-40(44)36-52-43-25-9-7-20-39(43)34-35-49(52)56)47-29-14-12-27-45(47)50-31-17-32-51-48-30-15-16-33-55(48)61(57(50)51)41-22-5-2-6-23-41/h1-37H. The van der Waals surface area contributed by atoms with Gasteiger partial charge in [-0.05, 0) is 79.3 Å². The molecule has 0 bridgehead atoms. The SMILES string of the molecule is c1ccc(-c2ccccc2-c2cc(-c3ccccc3-c3cccc4c5ccccc5n(-c5ccccc5)c34)nc(-c3c4ccccc4cc4c3ccc3ccccc34)n2)cc1. The van der Waals surface area contributed by atoms with Gasteiger partial charge in [-0.15, -0.1) is 0 Å². The van der Waals surface area contributed by atoms with Crippen LogP contribution in [-0.4, -0.2) is 14.5 Å². The van der Waals surface area contributed by atoms with Crippen molar-refractivity contribution in [3.63, 3.8) is 0 Å². The number of rotatable bonds is 6. The van der Waals surface area contributed by atoms with E-state index in [0.29, 0.717) is 5.82 Å². The van der Waals surface area contributed by atoms with E-state index in [4.69, 9.17) is 9.97 Å². The first-order valence-corrected chi connectivity index (χ1v) is 20.8. The van der Waals surface area contributed by atoms with Crippen LogP contribution in [0.1, 0.15) is 0 Å². The van der Waals surface area contributed by atoms with E-state index in [1.165, 1.54) is 38.0 Å². The Morgan fingerprint density at radius 3 is 1.64 bits per heavy atom. The van der Waals surface area contributed by atoms with Crippen LogP contribution in [0.2, 0.25) is 0 Å². The lowest BCUT2D eigenvalue weighted by atomic mass is 9.91. The summed E-state index contributed by atoms with van der Waals surface area (Å²) in [4.78, 5) is 11.2. The lowest BCUT2D eigenvalue weighted by Gasteiger charge is -2.18. The molecule has 0 N–H and O–H groups in total. The van der Waals surface area contributed by atoms with Gasteiger partial charge in [0.1, 0.15) is 0 Å². The Bertz CT molecular complexity index is 3640. The fourth-order valence-corrected chi connectivity index (χ4v) is 9.49. The second kappa shape index (κ2) is 14.3. The fraction of sp³-hybridized carbons (Fsp3) is 0. The Morgan fingerprint density at radius 2 is 0.869 bits per heavy atom. The van der Waals surface area contributed by atoms with E-state index in [1.54, 1.807) is 0 Å². The van der Waals surface area contributed by atoms with Crippen molar-refractivity contribution in [2.24, 2.45) is 0 Å². The maximum absolute atomic E-state index is 5.65. The van der Waals surface area contributed by atoms with Crippen molar-refractivity contribution in [1.29, 1.82) is 0 Å². The predicted molar refractivity (Wildman–Crippen MR) is 256 cm³/mol. The summed E-state index contributed by atoms with van der Waals surface area (Å²) < 4.78 is 2.41. The molecule has 0 fully saturated rings. The van der Waals surface area contributed by atoms with E-state index in [1.807, 2.05) is 0 Å². The molecule has 12 rings (SSSR count). The van der Waals surface area contributed by atoms with Crippen LogP contribution < -0.4 is 0 Å². The Balaban J connectivity index is 1.18. The van der Waals surface area contributed by atoms with E-state index in [9.17, 15) is 0 Å². The first kappa shape index (κ1) is 34.9. The zero-order chi connectivity index (χ0) is 40.3. The molecule has 0 aliphatic heterocycles. The van der Waals surface area contributed by atoms with E-state index in [0.717, 1.165) is 72.2 Å². The van der Waals surface area contributed by atoms with Crippen LogP contribution >= 0.6 is 0 Å². The average Bonchev–Trinajstić information content (AvgIpc) is 3.68. The summed E-state index contributed by atoms with van der Waals surface area (Å²) >= 11 is 0. The lowest BCUT2D eigenvalue weighted by Crippen LogP contribution is -2.00. The molecule has 0 aliphatic rings. The van der Waals surface area contributed by atoms with Crippen molar-refractivity contribution >= 4 is 54.1 Å². The first-order valence-electron chi connectivity index (χ1n) is 20.8. The van der Waals surface area contributed by atoms with Crippen LogP contribution in [0.4, 0.5) is 0 Å². The first-order chi connectivity index (χ1) is 30.3. The molecule has 2 aromatic heterocycles. The number of aromatic nitrogens is 3. The number of hydrogen-bond acceptors (Lipinski definition) is 2. The van der Waals surface area contributed by atoms with Gasteiger partial charge in [-0.3, -0.25) is 0 Å². The third kappa shape index (κ3) is 5.74. The van der Waals surface area contributed by atoms with Gasteiger partial charge in [0, 0.05) is 38.7 Å². The van der Waals surface area contributed by atoms with Crippen molar-refractivity contribution in [2.75, 3.05) is 0 Å². The highest BCUT2D eigenvalue weighted by Gasteiger charge is 2.22. The molecule has 0 radical (unpaired) electrons. The maximum atomic E-state index is 5.65. The summed E-state index contributed by atoms with van der Waals surface area (Å²) in [6.07, 6.45) is 0. The molecule has 12 aromatic rings. The predicted octanol–water partition coefficient (Wildman–Crippen LogP) is 15.4. The van der Waals surface area contributed by atoms with Crippen LogP contribution in [0.3, 0.4) is 0 Å². The molecule has 2 heterocycles. The second-order valence-corrected chi connectivity index (χ2v) is 15.7. The molecule has 0 saturated carbocycles. The van der Waals surface area contributed by atoms with E-state index >= 15 is 0 Å². The van der Waals surface area contributed by atoms with E-state index in [2.05, 4.69) is 229 Å². The molecule has 0 aliphatic carbocycles. The maximum Gasteiger partial charge on any atom is 0.161 e. The number of fused-ring (bicyclic) bond motifs is 7. The van der Waals surface area contributed by atoms with E-state index in [-0.39, 0.29) is 0 Å². The summed E-state index contributed by atoms with van der Waals surface area (Å²) in [5, 5.41) is 9.44. The highest BCUT2D eigenvalue weighted by Crippen LogP contribution is 2.44. The van der Waals surface area contributed by atoms with Gasteiger partial charge in [0.05, 0.1) is 22.4 Å². The molecule has 284 valence electrons. The molecule has 10 aromatic carbocycles. The van der Waals surface area contributed by atoms with Crippen LogP contribution in [-0.2, 0) is 0 Å². The molecule has 61 heavy (non-hydrogen) atoms. The normalized spacial score (nSPS) is 11.6. The zero-order valence-corrected chi connectivity index (χ0v) is 33.2. The third-order valence-corrected chi connectivity index (χ3v) is 12.2. The minimum atomic E-state index is 0.693. The fourth-order valence-electron chi connectivity index (χ4n) is 9.49. The zero-order valence-electron chi connectivity index (χ0n) is 33.2. The summed E-state index contributed by atoms with van der Waals surface area (Å²) in [6, 6.07) is 80.4. The van der Waals surface area contributed by atoms with Gasteiger partial charge in [-0.25, -0.2) is 9.97 Å². The lowest BCUT2D eigenvalue weighted by molar-refractivity contribution is 1.18. The van der Waals surface area contributed by atoms with Crippen LogP contribution in [0.5, 0.6) is 0 Å². The number of hydrogen-bond donors (Lipinski definition) is 0. The molecule has 3 heteroatoms. The van der Waals surface area contributed by atoms with Gasteiger partial charge in [-0.1, -0.05) is 194 Å². The van der Waals surface area contributed by atoms with Gasteiger partial charge in [-0.2, -0.15) is 0 Å². The van der Waals surface area contributed by atoms with Gasteiger partial charge in [0.2, 0.25) is 0 Å². The van der Waals surface area contributed by atoms with Gasteiger partial charge in [0.25, 0.3) is 0 Å². The Labute approximate surface area is 353 Å². The molecule has 0 saturated heterocycles. The summed E-state index contributed by atoms with van der Waals surface area (Å²) in [5.74, 6) is 0.693. The van der Waals surface area contributed by atoms with Crippen LogP contribution in [0.25, 0.3) is 116 Å². The Kier molecular flexibility index (Phi) is 8.17. The van der Waals surface area contributed by atoms with Crippen molar-refractivity contribution in [3.8, 4) is 61.8 Å². The Morgan fingerprint density at radius 1 is 0.311 bits per heavy atom. The van der Waals surface area contributed by atoms with Crippen LogP contribution in [0, 0.1) is 0 Å². The Hall–Kier alpha value is -8.14. The van der Waals surface area contributed by atoms with Crippen molar-refractivity contribution < 1.29 is 0 Å². The van der Waals surface area contributed by atoms with Crippen molar-refractivity contribution in [3.05, 3.63) is 224 Å². The van der Waals surface area contributed by atoms with E-state index < -0.39 is 0 Å². The molecular formula is C58H37N3. The third-order valence-electron chi connectivity index (χ3n) is 12.2. The molecule has 0 spiro atoms. The number of benzene rings is 10. The van der Waals surface area contributed by atoms with Crippen molar-refractivity contribution in [1.82, 2.24) is 14.5 Å². The molecule has 0 unspecified atom stereocenters. The number of para-hydroxylation sites is 3. The highest BCUT2D eigenvalue weighted by atomic mass is 15.0. The van der Waals surface area contributed by atoms with Gasteiger partial charge < -0.3 is 4.57 Å². The monoisotopic (exact) mass is 775 g/mol. The smallest absolute Gasteiger partial charge is 0.161 e. The summed E-state index contributed by atoms with van der Waals surface area (Å²) in [7, 11) is 0. The van der Waals surface area contributed by atoms with Crippen LogP contribution in [0.15, 0.2) is 224 Å². The molecular weight excluding hydrogens is 739 g/mol. The average molecular weight is 776 g/mol. The summed E-state index contributed by atoms with van der Waals surface area (Å²) in [5.41, 5.74) is 12.8. The number of nitrogens with zero attached hydrogens (tertiary/aromatic N) is 3. The van der Waals surface area contributed by atoms with Gasteiger partial charge >= 0.3 is 0 Å². The minimum Gasteiger partial charge on any atom is -0.309 e. The van der Waals surface area contributed by atoms with Gasteiger partial charge in [0.15, 0.2) is 5.82 Å². The minimum absolute atomic E-state index is 0.693. The second-order valence-electron chi connectivity index (χ2n) is 15.7. The molecule has 0 atom stereocenters. The van der Waals surface area contributed by atoms with Crippen molar-refractivity contribution in [2.45, 2.75) is 0 Å². The quantitative estimate of drug-likeness (QED) is 0.124. The molecule has 3 nitrogen and oxygen atoms in total.